The lowest BCUT2D eigenvalue weighted by Gasteiger charge is -2.27. The number of ether oxygens (including phenoxy) is 3. The van der Waals surface area contributed by atoms with E-state index in [1.807, 2.05) is 63.2 Å². The number of hydrogen-bond donors (Lipinski definition) is 2. The maximum Gasteiger partial charge on any atom is 0.413 e. The minimum atomic E-state index is -0.595. The van der Waals surface area contributed by atoms with Crippen molar-refractivity contribution in [1.29, 1.82) is 0 Å². The number of rotatable bonds is 10. The minimum Gasteiger partial charge on any atom is -0.497 e. The van der Waals surface area contributed by atoms with Gasteiger partial charge in [0.1, 0.15) is 22.9 Å². The Kier molecular flexibility index (Phi) is 9.24. The van der Waals surface area contributed by atoms with Crippen LogP contribution in [0, 0.1) is 0 Å². The summed E-state index contributed by atoms with van der Waals surface area (Å²) in [6, 6.07) is 15.8. The van der Waals surface area contributed by atoms with Gasteiger partial charge >= 0.3 is 6.09 Å². The molecule has 0 fully saturated rings. The van der Waals surface area contributed by atoms with Gasteiger partial charge in [-0.2, -0.15) is 0 Å². The van der Waals surface area contributed by atoms with Crippen molar-refractivity contribution in [2.75, 3.05) is 37.5 Å². The van der Waals surface area contributed by atoms with Gasteiger partial charge in [-0.05, 0) is 51.1 Å². The molecule has 0 aliphatic carbocycles. The average molecular weight is 559 g/mol. The number of carbonyl (C=O) groups is 1. The molecule has 10 nitrogen and oxygen atoms in total. The van der Waals surface area contributed by atoms with Gasteiger partial charge in [-0.15, -0.1) is 0 Å². The number of nitrogens with one attached hydrogen (secondary N) is 2. The Balaban J connectivity index is 1.64. The van der Waals surface area contributed by atoms with Crippen LogP contribution in [0.1, 0.15) is 34.6 Å². The van der Waals surface area contributed by atoms with Crippen LogP contribution in [0.2, 0.25) is 0 Å². The van der Waals surface area contributed by atoms with Gasteiger partial charge in [0.25, 0.3) is 0 Å². The summed E-state index contributed by atoms with van der Waals surface area (Å²) in [7, 11) is 3.29. The number of carbonyl (C=O) groups excluding carboxylic acids is 1. The molecule has 0 saturated carbocycles. The van der Waals surface area contributed by atoms with E-state index in [0.29, 0.717) is 35.6 Å². The highest BCUT2D eigenvalue weighted by Crippen LogP contribution is 2.34. The van der Waals surface area contributed by atoms with Crippen LogP contribution in [-0.2, 0) is 4.74 Å². The quantitative estimate of drug-likeness (QED) is 0.235. The molecule has 2 aromatic heterocycles. The van der Waals surface area contributed by atoms with E-state index in [9.17, 15) is 4.79 Å². The molecule has 4 aromatic rings. The fraction of sp³-hybridized carbons (Fsp3) is 0.355. The summed E-state index contributed by atoms with van der Waals surface area (Å²) in [4.78, 5) is 28.1. The molecule has 216 valence electrons. The van der Waals surface area contributed by atoms with E-state index in [4.69, 9.17) is 19.2 Å². The lowest BCUT2D eigenvalue weighted by Crippen LogP contribution is -2.32. The van der Waals surface area contributed by atoms with Crippen LogP contribution in [0.3, 0.4) is 0 Å². The zero-order valence-electron chi connectivity index (χ0n) is 24.7. The fourth-order valence-corrected chi connectivity index (χ4v) is 4.15. The number of anilines is 3. The summed E-state index contributed by atoms with van der Waals surface area (Å²) in [6.45, 7) is 11.2. The number of hydrogen-bond acceptors (Lipinski definition) is 9. The predicted octanol–water partition coefficient (Wildman–Crippen LogP) is 6.19. The highest BCUT2D eigenvalue weighted by atomic mass is 16.6. The second-order valence-corrected chi connectivity index (χ2v) is 10.8. The van der Waals surface area contributed by atoms with Crippen LogP contribution in [0.4, 0.5) is 22.0 Å². The highest BCUT2D eigenvalue weighted by Gasteiger charge is 2.17. The first kappa shape index (κ1) is 29.5. The SMILES string of the molecule is COc1cc(OC)cc(N(CCNC(C)C)c2ccc3ncc(-c4ccc(NC(=O)OC(C)(C)C)nc4)nc3c2)c1. The van der Waals surface area contributed by atoms with Crippen molar-refractivity contribution in [3.8, 4) is 22.8 Å². The van der Waals surface area contributed by atoms with Crippen molar-refractivity contribution in [1.82, 2.24) is 20.3 Å². The molecule has 0 aliphatic rings. The van der Waals surface area contributed by atoms with Crippen molar-refractivity contribution in [3.05, 3.63) is 60.9 Å². The normalized spacial score (nSPS) is 11.4. The van der Waals surface area contributed by atoms with E-state index >= 15 is 0 Å². The van der Waals surface area contributed by atoms with Crippen LogP contribution in [0.15, 0.2) is 60.9 Å². The van der Waals surface area contributed by atoms with Crippen LogP contribution in [0.25, 0.3) is 22.3 Å². The first-order valence-corrected chi connectivity index (χ1v) is 13.5. The van der Waals surface area contributed by atoms with E-state index in [-0.39, 0.29) is 0 Å². The van der Waals surface area contributed by atoms with Gasteiger partial charge in [-0.3, -0.25) is 10.3 Å². The van der Waals surface area contributed by atoms with Gasteiger partial charge in [0.05, 0.1) is 37.1 Å². The molecule has 10 heteroatoms. The second-order valence-electron chi connectivity index (χ2n) is 10.8. The lowest BCUT2D eigenvalue weighted by atomic mass is 10.1. The summed E-state index contributed by atoms with van der Waals surface area (Å²) in [5, 5.41) is 6.14. The number of pyridine rings is 1. The molecule has 0 unspecified atom stereocenters. The summed E-state index contributed by atoms with van der Waals surface area (Å²) < 4.78 is 16.4. The van der Waals surface area contributed by atoms with Crippen molar-refractivity contribution in [2.45, 2.75) is 46.3 Å². The Morgan fingerprint density at radius 3 is 2.24 bits per heavy atom. The largest absolute Gasteiger partial charge is 0.497 e. The molecular formula is C31H38N6O4. The summed E-state index contributed by atoms with van der Waals surface area (Å²) in [5.41, 5.74) is 4.26. The van der Waals surface area contributed by atoms with E-state index in [0.717, 1.165) is 34.5 Å². The molecule has 2 N–H and O–H groups in total. The summed E-state index contributed by atoms with van der Waals surface area (Å²) >= 11 is 0. The smallest absolute Gasteiger partial charge is 0.413 e. The molecule has 41 heavy (non-hydrogen) atoms. The third-order valence-corrected chi connectivity index (χ3v) is 6.06. The van der Waals surface area contributed by atoms with Crippen LogP contribution in [0.5, 0.6) is 11.5 Å². The lowest BCUT2D eigenvalue weighted by molar-refractivity contribution is 0.0635. The Labute approximate surface area is 241 Å². The highest BCUT2D eigenvalue weighted by molar-refractivity contribution is 5.85. The summed E-state index contributed by atoms with van der Waals surface area (Å²) in [6.07, 6.45) is 2.81. The monoisotopic (exact) mass is 558 g/mol. The van der Waals surface area contributed by atoms with E-state index in [2.05, 4.69) is 39.3 Å². The Hall–Kier alpha value is -4.44. The standard InChI is InChI=1S/C31H38N6O4/c1-20(2)32-12-13-37(23-14-24(39-6)17-25(15-23)40-7)22-9-10-26-27(16-22)35-28(19-33-26)21-8-11-29(34-18-21)36-30(38)41-31(3,4)5/h8-11,14-20,32H,12-13H2,1-7H3,(H,34,36,38). The van der Waals surface area contributed by atoms with Crippen LogP contribution < -0.4 is 25.0 Å². The van der Waals surface area contributed by atoms with Gasteiger partial charge < -0.3 is 24.4 Å². The minimum absolute atomic E-state index is 0.362. The van der Waals surface area contributed by atoms with Gasteiger partial charge in [0.15, 0.2) is 0 Å². The molecule has 2 aromatic carbocycles. The van der Waals surface area contributed by atoms with Gasteiger partial charge in [-0.1, -0.05) is 13.8 Å². The zero-order chi connectivity index (χ0) is 29.6. The fourth-order valence-electron chi connectivity index (χ4n) is 4.15. The number of methoxy groups -OCH3 is 2. The molecule has 0 atom stereocenters. The first-order valence-electron chi connectivity index (χ1n) is 13.5. The molecule has 0 radical (unpaired) electrons. The van der Waals surface area contributed by atoms with Crippen LogP contribution in [-0.4, -0.2) is 60.0 Å². The van der Waals surface area contributed by atoms with E-state index in [1.54, 1.807) is 32.7 Å². The predicted molar refractivity (Wildman–Crippen MR) is 162 cm³/mol. The number of fused-ring (bicyclic) bond motifs is 1. The number of benzene rings is 2. The zero-order valence-corrected chi connectivity index (χ0v) is 24.7. The second kappa shape index (κ2) is 12.8. The van der Waals surface area contributed by atoms with E-state index < -0.39 is 11.7 Å². The van der Waals surface area contributed by atoms with Crippen molar-refractivity contribution >= 4 is 34.3 Å². The third kappa shape index (κ3) is 8.04. The van der Waals surface area contributed by atoms with Crippen LogP contribution >= 0.6 is 0 Å². The molecule has 1 amide bonds. The molecule has 4 rings (SSSR count). The molecule has 0 bridgehead atoms. The van der Waals surface area contributed by atoms with Gasteiger partial charge in [0.2, 0.25) is 0 Å². The molecule has 0 spiro atoms. The Morgan fingerprint density at radius 2 is 1.63 bits per heavy atom. The maximum absolute atomic E-state index is 12.1. The van der Waals surface area contributed by atoms with E-state index in [1.165, 1.54) is 0 Å². The van der Waals surface area contributed by atoms with Crippen molar-refractivity contribution < 1.29 is 19.0 Å². The van der Waals surface area contributed by atoms with Gasteiger partial charge in [-0.25, -0.2) is 14.8 Å². The third-order valence-electron chi connectivity index (χ3n) is 6.06. The molecule has 0 aliphatic heterocycles. The van der Waals surface area contributed by atoms with Gasteiger partial charge in [0, 0.05) is 60.5 Å². The van der Waals surface area contributed by atoms with Crippen molar-refractivity contribution in [2.24, 2.45) is 0 Å². The molecule has 2 heterocycles. The molecular weight excluding hydrogens is 520 g/mol. The molecule has 0 saturated heterocycles. The Bertz CT molecular complexity index is 1460. The average Bonchev–Trinajstić information content (AvgIpc) is 2.93. The number of aromatic nitrogens is 3. The summed E-state index contributed by atoms with van der Waals surface area (Å²) in [5.74, 6) is 1.81. The number of amides is 1. The first-order chi connectivity index (χ1) is 19.5. The number of nitrogens with zero attached hydrogens (tertiary/aromatic N) is 4. The Morgan fingerprint density at radius 1 is 0.902 bits per heavy atom. The van der Waals surface area contributed by atoms with Crippen molar-refractivity contribution in [3.63, 3.8) is 0 Å². The topological polar surface area (TPSA) is 111 Å². The maximum atomic E-state index is 12.1.